The molecule has 1 saturated heterocycles. The van der Waals surface area contributed by atoms with Crippen molar-refractivity contribution in [3.8, 4) is 6.07 Å². The number of anilines is 1. The van der Waals surface area contributed by atoms with E-state index in [1.165, 1.54) is 6.20 Å². The maximum absolute atomic E-state index is 8.59. The van der Waals surface area contributed by atoms with Crippen molar-refractivity contribution < 1.29 is 0 Å². The van der Waals surface area contributed by atoms with Gasteiger partial charge in [-0.3, -0.25) is 0 Å². The zero-order valence-electron chi connectivity index (χ0n) is 8.43. The number of rotatable bonds is 1. The van der Waals surface area contributed by atoms with Gasteiger partial charge in [0.25, 0.3) is 0 Å². The SMILES string of the molecule is N#Cc1cnc(N2CCCC(N)C2)cn1. The first kappa shape index (κ1) is 9.87. The van der Waals surface area contributed by atoms with Gasteiger partial charge in [0.15, 0.2) is 5.69 Å². The Bertz CT molecular complexity index is 366. The van der Waals surface area contributed by atoms with Crippen LogP contribution in [0.4, 0.5) is 5.82 Å². The second-order valence-corrected chi connectivity index (χ2v) is 3.72. The monoisotopic (exact) mass is 203 g/mol. The molecule has 15 heavy (non-hydrogen) atoms. The molecule has 0 aromatic carbocycles. The van der Waals surface area contributed by atoms with Crippen LogP contribution in [0, 0.1) is 11.3 Å². The normalized spacial score (nSPS) is 21.1. The van der Waals surface area contributed by atoms with E-state index in [2.05, 4.69) is 14.9 Å². The third-order valence-corrected chi connectivity index (χ3v) is 2.53. The van der Waals surface area contributed by atoms with E-state index in [-0.39, 0.29) is 6.04 Å². The van der Waals surface area contributed by atoms with Crippen molar-refractivity contribution in [3.05, 3.63) is 18.1 Å². The zero-order valence-corrected chi connectivity index (χ0v) is 8.43. The molecule has 0 aliphatic carbocycles. The van der Waals surface area contributed by atoms with Gasteiger partial charge >= 0.3 is 0 Å². The van der Waals surface area contributed by atoms with Crippen LogP contribution < -0.4 is 10.6 Å². The summed E-state index contributed by atoms with van der Waals surface area (Å²) in [6, 6.07) is 2.17. The Kier molecular flexibility index (Phi) is 2.79. The van der Waals surface area contributed by atoms with Gasteiger partial charge in [0, 0.05) is 19.1 Å². The average Bonchev–Trinajstić information content (AvgIpc) is 2.29. The van der Waals surface area contributed by atoms with Crippen molar-refractivity contribution in [2.75, 3.05) is 18.0 Å². The number of nitrogens with two attached hydrogens (primary N) is 1. The van der Waals surface area contributed by atoms with Crippen LogP contribution in [0.2, 0.25) is 0 Å². The van der Waals surface area contributed by atoms with Crippen molar-refractivity contribution in [1.82, 2.24) is 9.97 Å². The van der Waals surface area contributed by atoms with Gasteiger partial charge in [-0.15, -0.1) is 0 Å². The Balaban J connectivity index is 2.12. The van der Waals surface area contributed by atoms with Crippen molar-refractivity contribution in [3.63, 3.8) is 0 Å². The molecule has 0 radical (unpaired) electrons. The van der Waals surface area contributed by atoms with Crippen LogP contribution >= 0.6 is 0 Å². The molecular formula is C10H13N5. The zero-order chi connectivity index (χ0) is 10.7. The molecule has 1 aliphatic rings. The van der Waals surface area contributed by atoms with Crippen LogP contribution in [0.25, 0.3) is 0 Å². The van der Waals surface area contributed by atoms with Gasteiger partial charge in [-0.1, -0.05) is 0 Å². The van der Waals surface area contributed by atoms with Crippen molar-refractivity contribution >= 4 is 5.82 Å². The summed E-state index contributed by atoms with van der Waals surface area (Å²) in [5.41, 5.74) is 6.22. The molecule has 1 atom stereocenters. The molecule has 2 heterocycles. The molecule has 2 rings (SSSR count). The lowest BCUT2D eigenvalue weighted by Crippen LogP contribution is -2.43. The van der Waals surface area contributed by atoms with E-state index in [4.69, 9.17) is 11.0 Å². The van der Waals surface area contributed by atoms with E-state index < -0.39 is 0 Å². The lowest BCUT2D eigenvalue weighted by Gasteiger charge is -2.31. The first-order valence-corrected chi connectivity index (χ1v) is 5.02. The molecule has 0 spiro atoms. The minimum Gasteiger partial charge on any atom is -0.354 e. The number of piperidine rings is 1. The smallest absolute Gasteiger partial charge is 0.158 e. The predicted molar refractivity (Wildman–Crippen MR) is 56.2 cm³/mol. The molecule has 5 nitrogen and oxygen atoms in total. The molecule has 1 aromatic rings. The molecule has 1 aliphatic heterocycles. The van der Waals surface area contributed by atoms with Gasteiger partial charge in [0.05, 0.1) is 12.4 Å². The fourth-order valence-corrected chi connectivity index (χ4v) is 1.76. The molecule has 0 amide bonds. The standard InChI is InChI=1S/C10H13N5/c11-4-9-5-14-10(6-13-9)15-3-1-2-8(12)7-15/h5-6,8H,1-3,7,12H2. The highest BCUT2D eigenvalue weighted by Gasteiger charge is 2.17. The third-order valence-electron chi connectivity index (χ3n) is 2.53. The highest BCUT2D eigenvalue weighted by molar-refractivity contribution is 5.37. The van der Waals surface area contributed by atoms with E-state index >= 15 is 0 Å². The van der Waals surface area contributed by atoms with Gasteiger partial charge in [0.2, 0.25) is 0 Å². The second-order valence-electron chi connectivity index (χ2n) is 3.72. The van der Waals surface area contributed by atoms with Crippen LogP contribution in [0.1, 0.15) is 18.5 Å². The first-order chi connectivity index (χ1) is 7.29. The van der Waals surface area contributed by atoms with Gasteiger partial charge in [-0.2, -0.15) is 5.26 Å². The summed E-state index contributed by atoms with van der Waals surface area (Å²) in [7, 11) is 0. The van der Waals surface area contributed by atoms with Crippen molar-refractivity contribution in [2.24, 2.45) is 5.73 Å². The van der Waals surface area contributed by atoms with Crippen LogP contribution in [0.3, 0.4) is 0 Å². The Morgan fingerprint density at radius 2 is 2.33 bits per heavy atom. The fourth-order valence-electron chi connectivity index (χ4n) is 1.76. The number of hydrogen-bond donors (Lipinski definition) is 1. The quantitative estimate of drug-likeness (QED) is 0.709. The number of nitrogens with zero attached hydrogens (tertiary/aromatic N) is 4. The summed E-state index contributed by atoms with van der Waals surface area (Å²) in [6.45, 7) is 1.79. The Hall–Kier alpha value is -1.67. The molecule has 0 bridgehead atoms. The van der Waals surface area contributed by atoms with Crippen molar-refractivity contribution in [1.29, 1.82) is 5.26 Å². The minimum absolute atomic E-state index is 0.219. The van der Waals surface area contributed by atoms with Crippen molar-refractivity contribution in [2.45, 2.75) is 18.9 Å². The van der Waals surface area contributed by atoms with E-state index in [0.717, 1.165) is 31.7 Å². The summed E-state index contributed by atoms with van der Waals surface area (Å²) in [4.78, 5) is 10.3. The summed E-state index contributed by atoms with van der Waals surface area (Å²) in [5, 5.41) is 8.59. The van der Waals surface area contributed by atoms with E-state index in [1.54, 1.807) is 6.20 Å². The minimum atomic E-state index is 0.219. The largest absolute Gasteiger partial charge is 0.354 e. The highest BCUT2D eigenvalue weighted by atomic mass is 15.2. The lowest BCUT2D eigenvalue weighted by molar-refractivity contribution is 0.503. The maximum atomic E-state index is 8.59. The Morgan fingerprint density at radius 3 is 2.93 bits per heavy atom. The predicted octanol–water partition coefficient (Wildman–Crippen LogP) is 0.276. The average molecular weight is 203 g/mol. The third kappa shape index (κ3) is 2.22. The van der Waals surface area contributed by atoms with E-state index in [0.29, 0.717) is 5.69 Å². The summed E-state index contributed by atoms with van der Waals surface area (Å²) in [5.74, 6) is 0.809. The van der Waals surface area contributed by atoms with Crippen LogP contribution in [0.5, 0.6) is 0 Å². The molecule has 0 saturated carbocycles. The van der Waals surface area contributed by atoms with E-state index in [1.807, 2.05) is 6.07 Å². The topological polar surface area (TPSA) is 78.8 Å². The Morgan fingerprint density at radius 1 is 1.47 bits per heavy atom. The molecule has 2 N–H and O–H groups in total. The summed E-state index contributed by atoms with van der Waals surface area (Å²) in [6.07, 6.45) is 5.29. The molecule has 1 aromatic heterocycles. The number of aromatic nitrogens is 2. The Labute approximate surface area is 88.5 Å². The van der Waals surface area contributed by atoms with Crippen LogP contribution in [-0.4, -0.2) is 29.1 Å². The maximum Gasteiger partial charge on any atom is 0.158 e. The molecule has 78 valence electrons. The number of hydrogen-bond acceptors (Lipinski definition) is 5. The van der Waals surface area contributed by atoms with Gasteiger partial charge in [0.1, 0.15) is 11.9 Å². The van der Waals surface area contributed by atoms with Gasteiger partial charge < -0.3 is 10.6 Å². The van der Waals surface area contributed by atoms with Crippen LogP contribution in [-0.2, 0) is 0 Å². The number of nitriles is 1. The fraction of sp³-hybridized carbons (Fsp3) is 0.500. The molecule has 1 fully saturated rings. The van der Waals surface area contributed by atoms with Gasteiger partial charge in [-0.05, 0) is 12.8 Å². The second kappa shape index (κ2) is 4.24. The van der Waals surface area contributed by atoms with Gasteiger partial charge in [-0.25, -0.2) is 9.97 Å². The molecular weight excluding hydrogens is 190 g/mol. The summed E-state index contributed by atoms with van der Waals surface area (Å²) >= 11 is 0. The van der Waals surface area contributed by atoms with Crippen LogP contribution in [0.15, 0.2) is 12.4 Å². The lowest BCUT2D eigenvalue weighted by atomic mass is 10.1. The van der Waals surface area contributed by atoms with E-state index in [9.17, 15) is 0 Å². The first-order valence-electron chi connectivity index (χ1n) is 5.02. The molecule has 1 unspecified atom stereocenters. The molecule has 5 heteroatoms. The highest BCUT2D eigenvalue weighted by Crippen LogP contribution is 2.15. The summed E-state index contributed by atoms with van der Waals surface area (Å²) < 4.78 is 0.